The Kier molecular flexibility index (Phi) is 5.90. The Bertz CT molecular complexity index is 382. The number of ether oxygens (including phenoxy) is 1. The number of methoxy groups -OCH3 is 1. The Labute approximate surface area is 107 Å². The fourth-order valence-electron chi connectivity index (χ4n) is 1.25. The molecule has 1 heterocycles. The van der Waals surface area contributed by atoms with Crippen molar-refractivity contribution in [3.8, 4) is 0 Å². The predicted molar refractivity (Wildman–Crippen MR) is 70.5 cm³/mol. The quantitative estimate of drug-likeness (QED) is 0.716. The third kappa shape index (κ3) is 5.47. The largest absolute Gasteiger partial charge is 0.469 e. The molecule has 0 saturated heterocycles. The monoisotopic (exact) mass is 252 g/mol. The second-order valence-electron chi connectivity index (χ2n) is 4.32. The van der Waals surface area contributed by atoms with Gasteiger partial charge in [0.25, 0.3) is 0 Å². The van der Waals surface area contributed by atoms with Gasteiger partial charge in [-0.3, -0.25) is 4.79 Å². The summed E-state index contributed by atoms with van der Waals surface area (Å²) in [7, 11) is 1.38. The molecule has 0 aliphatic rings. The molecule has 0 spiro atoms. The number of nitrogens with zero attached hydrogens (tertiary/aromatic N) is 2. The molecule has 1 rings (SSSR count). The maximum absolute atomic E-state index is 10.9. The fraction of sp³-hybridized carbons (Fsp3) is 0.583. The zero-order valence-corrected chi connectivity index (χ0v) is 11.1. The Morgan fingerprint density at radius 1 is 1.33 bits per heavy atom. The fourth-order valence-corrected chi connectivity index (χ4v) is 1.25. The van der Waals surface area contributed by atoms with Gasteiger partial charge in [0.2, 0.25) is 0 Å². The highest BCUT2D eigenvalue weighted by atomic mass is 16.5. The molecular weight excluding hydrogens is 232 g/mol. The van der Waals surface area contributed by atoms with Crippen LogP contribution in [0.1, 0.15) is 20.3 Å². The van der Waals surface area contributed by atoms with Crippen LogP contribution < -0.4 is 10.6 Å². The number of esters is 1. The van der Waals surface area contributed by atoms with Gasteiger partial charge in [-0.25, -0.2) is 9.97 Å². The van der Waals surface area contributed by atoms with Gasteiger partial charge in [-0.1, -0.05) is 13.8 Å². The van der Waals surface area contributed by atoms with E-state index in [1.165, 1.54) is 13.4 Å². The zero-order valence-electron chi connectivity index (χ0n) is 11.1. The Morgan fingerprint density at radius 2 is 2.00 bits per heavy atom. The molecule has 0 saturated carbocycles. The van der Waals surface area contributed by atoms with E-state index in [-0.39, 0.29) is 5.97 Å². The molecule has 6 heteroatoms. The van der Waals surface area contributed by atoms with Gasteiger partial charge < -0.3 is 15.4 Å². The molecule has 1 aromatic heterocycles. The third-order valence-corrected chi connectivity index (χ3v) is 2.22. The van der Waals surface area contributed by atoms with E-state index in [1.807, 2.05) is 6.07 Å². The summed E-state index contributed by atoms with van der Waals surface area (Å²) in [5, 5.41) is 6.26. The minimum absolute atomic E-state index is 0.241. The van der Waals surface area contributed by atoms with Crippen LogP contribution in [0, 0.1) is 5.92 Å². The van der Waals surface area contributed by atoms with E-state index in [1.54, 1.807) is 0 Å². The summed E-state index contributed by atoms with van der Waals surface area (Å²) >= 11 is 0. The van der Waals surface area contributed by atoms with E-state index in [2.05, 4.69) is 39.2 Å². The number of carbonyl (C=O) groups excluding carboxylic acids is 1. The molecule has 2 N–H and O–H groups in total. The van der Waals surface area contributed by atoms with Crippen LogP contribution in [-0.4, -0.2) is 36.1 Å². The van der Waals surface area contributed by atoms with Gasteiger partial charge in [-0.15, -0.1) is 0 Å². The summed E-state index contributed by atoms with van der Waals surface area (Å²) < 4.78 is 4.55. The van der Waals surface area contributed by atoms with Crippen molar-refractivity contribution < 1.29 is 9.53 Å². The topological polar surface area (TPSA) is 76.1 Å². The predicted octanol–water partition coefficient (Wildman–Crippen LogP) is 1.52. The highest BCUT2D eigenvalue weighted by molar-refractivity contribution is 5.69. The summed E-state index contributed by atoms with van der Waals surface area (Å²) in [6.07, 6.45) is 1.80. The average Bonchev–Trinajstić information content (AvgIpc) is 2.36. The first kappa shape index (κ1) is 14.2. The molecular formula is C12H20N4O2. The van der Waals surface area contributed by atoms with Crippen LogP contribution in [-0.2, 0) is 9.53 Å². The Balaban J connectivity index is 2.41. The molecule has 6 nitrogen and oxygen atoms in total. The molecule has 0 fully saturated rings. The van der Waals surface area contributed by atoms with Crippen molar-refractivity contribution in [2.24, 2.45) is 5.92 Å². The summed E-state index contributed by atoms with van der Waals surface area (Å²) in [5.74, 6) is 1.78. The molecule has 0 atom stereocenters. The van der Waals surface area contributed by atoms with Crippen molar-refractivity contribution in [2.45, 2.75) is 20.3 Å². The van der Waals surface area contributed by atoms with Crippen LogP contribution >= 0.6 is 0 Å². The molecule has 0 amide bonds. The molecule has 0 bridgehead atoms. The van der Waals surface area contributed by atoms with Crippen LogP contribution in [0.15, 0.2) is 12.4 Å². The van der Waals surface area contributed by atoms with Gasteiger partial charge >= 0.3 is 5.97 Å². The van der Waals surface area contributed by atoms with E-state index < -0.39 is 0 Å². The molecule has 0 aliphatic heterocycles. The number of carbonyl (C=O) groups is 1. The molecule has 0 aromatic carbocycles. The maximum Gasteiger partial charge on any atom is 0.307 e. The number of hydrogen-bond donors (Lipinski definition) is 2. The van der Waals surface area contributed by atoms with E-state index in [0.29, 0.717) is 24.7 Å². The number of aromatic nitrogens is 2. The van der Waals surface area contributed by atoms with Gasteiger partial charge in [-0.2, -0.15) is 0 Å². The minimum atomic E-state index is -0.241. The van der Waals surface area contributed by atoms with Crippen molar-refractivity contribution in [1.29, 1.82) is 0 Å². The van der Waals surface area contributed by atoms with E-state index in [0.717, 1.165) is 12.4 Å². The first-order valence-electron chi connectivity index (χ1n) is 5.98. The van der Waals surface area contributed by atoms with Gasteiger partial charge in [0.1, 0.15) is 18.0 Å². The molecule has 1 aromatic rings. The first-order chi connectivity index (χ1) is 8.61. The van der Waals surface area contributed by atoms with Gasteiger partial charge in [0.15, 0.2) is 0 Å². The third-order valence-electron chi connectivity index (χ3n) is 2.22. The highest BCUT2D eigenvalue weighted by Gasteiger charge is 2.02. The van der Waals surface area contributed by atoms with Crippen molar-refractivity contribution in [2.75, 3.05) is 30.8 Å². The van der Waals surface area contributed by atoms with Crippen molar-refractivity contribution >= 4 is 17.6 Å². The molecule has 0 unspecified atom stereocenters. The standard InChI is InChI=1S/C12H20N4O2/c1-9(2)7-14-11-6-10(15-8-16-11)13-5-4-12(17)18-3/h6,8-9H,4-5,7H2,1-3H3,(H2,13,14,15,16). The van der Waals surface area contributed by atoms with Gasteiger partial charge in [-0.05, 0) is 5.92 Å². The highest BCUT2D eigenvalue weighted by Crippen LogP contribution is 2.09. The smallest absolute Gasteiger partial charge is 0.307 e. The van der Waals surface area contributed by atoms with Crippen LogP contribution in [0.5, 0.6) is 0 Å². The lowest BCUT2D eigenvalue weighted by Crippen LogP contribution is -2.12. The van der Waals surface area contributed by atoms with Gasteiger partial charge in [0.05, 0.1) is 13.5 Å². The summed E-state index contributed by atoms with van der Waals surface area (Å²) in [5.41, 5.74) is 0. The lowest BCUT2D eigenvalue weighted by Gasteiger charge is -2.09. The summed E-state index contributed by atoms with van der Waals surface area (Å²) in [6.45, 7) is 5.61. The zero-order chi connectivity index (χ0) is 13.4. The molecule has 0 aliphatic carbocycles. The van der Waals surface area contributed by atoms with Crippen LogP contribution in [0.25, 0.3) is 0 Å². The number of anilines is 2. The lowest BCUT2D eigenvalue weighted by atomic mass is 10.2. The minimum Gasteiger partial charge on any atom is -0.469 e. The first-order valence-corrected chi connectivity index (χ1v) is 5.98. The second kappa shape index (κ2) is 7.47. The van der Waals surface area contributed by atoms with Crippen molar-refractivity contribution in [1.82, 2.24) is 9.97 Å². The number of nitrogens with one attached hydrogen (secondary N) is 2. The van der Waals surface area contributed by atoms with Crippen molar-refractivity contribution in [3.63, 3.8) is 0 Å². The molecule has 18 heavy (non-hydrogen) atoms. The SMILES string of the molecule is COC(=O)CCNc1cc(NCC(C)C)ncn1. The maximum atomic E-state index is 10.9. The van der Waals surface area contributed by atoms with E-state index >= 15 is 0 Å². The van der Waals surface area contributed by atoms with E-state index in [9.17, 15) is 4.79 Å². The number of hydrogen-bond acceptors (Lipinski definition) is 6. The normalized spacial score (nSPS) is 10.2. The van der Waals surface area contributed by atoms with Crippen LogP contribution in [0.3, 0.4) is 0 Å². The van der Waals surface area contributed by atoms with Crippen molar-refractivity contribution in [3.05, 3.63) is 12.4 Å². The average molecular weight is 252 g/mol. The molecule has 100 valence electrons. The second-order valence-corrected chi connectivity index (χ2v) is 4.32. The van der Waals surface area contributed by atoms with Crippen LogP contribution in [0.4, 0.5) is 11.6 Å². The summed E-state index contributed by atoms with van der Waals surface area (Å²) in [4.78, 5) is 19.1. The van der Waals surface area contributed by atoms with Crippen LogP contribution in [0.2, 0.25) is 0 Å². The Morgan fingerprint density at radius 3 is 2.61 bits per heavy atom. The lowest BCUT2D eigenvalue weighted by molar-refractivity contribution is -0.140. The Hall–Kier alpha value is -1.85. The van der Waals surface area contributed by atoms with Gasteiger partial charge in [0, 0.05) is 19.2 Å². The molecule has 0 radical (unpaired) electrons. The number of rotatable bonds is 7. The van der Waals surface area contributed by atoms with E-state index in [4.69, 9.17) is 0 Å². The summed E-state index contributed by atoms with van der Waals surface area (Å²) in [6, 6.07) is 1.82.